The van der Waals surface area contributed by atoms with Crippen LogP contribution in [0.2, 0.25) is 0 Å². The molecule has 2 rings (SSSR count). The molecule has 1 aromatic heterocycles. The summed E-state index contributed by atoms with van der Waals surface area (Å²) in [6, 6.07) is 0. The van der Waals surface area contributed by atoms with Crippen LogP contribution >= 0.6 is 0 Å². The Balaban J connectivity index is 1.82. The lowest BCUT2D eigenvalue weighted by Crippen LogP contribution is -2.30. The normalized spacial score (nSPS) is 18.8. The molecule has 1 saturated heterocycles. The summed E-state index contributed by atoms with van der Waals surface area (Å²) in [5, 5.41) is 12.7. The van der Waals surface area contributed by atoms with E-state index in [4.69, 9.17) is 9.63 Å². The number of nitrogens with zero attached hydrogens (tertiary/aromatic N) is 3. The zero-order valence-corrected chi connectivity index (χ0v) is 11.7. The van der Waals surface area contributed by atoms with Crippen molar-refractivity contribution in [3.05, 3.63) is 11.7 Å². The zero-order chi connectivity index (χ0) is 14.7. The number of aryl methyl sites for hydroxylation is 1. The van der Waals surface area contributed by atoms with Crippen LogP contribution in [0.3, 0.4) is 0 Å². The van der Waals surface area contributed by atoms with Crippen molar-refractivity contribution in [2.45, 2.75) is 39.0 Å². The first-order chi connectivity index (χ1) is 9.47. The lowest BCUT2D eigenvalue weighted by molar-refractivity contribution is -0.141. The van der Waals surface area contributed by atoms with Crippen LogP contribution < -0.4 is 0 Å². The summed E-state index contributed by atoms with van der Waals surface area (Å²) in [6.45, 7) is 4.75. The summed E-state index contributed by atoms with van der Waals surface area (Å²) < 4.78 is 5.07. The fourth-order valence-corrected chi connectivity index (χ4v) is 2.16. The van der Waals surface area contributed by atoms with Crippen LogP contribution in [-0.2, 0) is 16.0 Å². The van der Waals surface area contributed by atoms with Gasteiger partial charge in [0, 0.05) is 31.8 Å². The summed E-state index contributed by atoms with van der Waals surface area (Å²) in [6.07, 6.45) is 1.19. The molecule has 7 nitrogen and oxygen atoms in total. The Morgan fingerprint density at radius 1 is 1.50 bits per heavy atom. The minimum absolute atomic E-state index is 0.0574. The second kappa shape index (κ2) is 6.02. The Labute approximate surface area is 117 Å². The molecular formula is C13H19N3O4. The Hall–Kier alpha value is -1.92. The van der Waals surface area contributed by atoms with Crippen LogP contribution in [0, 0.1) is 5.92 Å². The number of hydrogen-bond donors (Lipinski definition) is 1. The van der Waals surface area contributed by atoms with Crippen LogP contribution in [0.4, 0.5) is 0 Å². The van der Waals surface area contributed by atoms with Gasteiger partial charge in [-0.15, -0.1) is 0 Å². The number of aliphatic carboxylic acids is 1. The van der Waals surface area contributed by atoms with Crippen LogP contribution in [0.25, 0.3) is 0 Å². The molecule has 1 aliphatic rings. The van der Waals surface area contributed by atoms with Gasteiger partial charge in [0.1, 0.15) is 0 Å². The molecule has 1 aromatic rings. The highest BCUT2D eigenvalue weighted by Gasteiger charge is 2.30. The molecule has 1 aliphatic heterocycles. The maximum atomic E-state index is 12.0. The number of carboxylic acid groups (broad SMARTS) is 1. The molecule has 0 aliphatic carbocycles. The average molecular weight is 281 g/mol. The van der Waals surface area contributed by atoms with Gasteiger partial charge >= 0.3 is 5.97 Å². The number of hydrogen-bond acceptors (Lipinski definition) is 5. The highest BCUT2D eigenvalue weighted by atomic mass is 16.5. The standard InChI is InChI=1S/C13H19N3O4/c1-8(2)12-14-10(20-15-12)3-4-11(17)16-6-5-9(7-16)13(18)19/h8-9H,3-7H2,1-2H3,(H,18,19). The number of likely N-dealkylation sites (tertiary alicyclic amines) is 1. The van der Waals surface area contributed by atoms with Gasteiger partial charge < -0.3 is 14.5 Å². The molecule has 1 fully saturated rings. The van der Waals surface area contributed by atoms with Gasteiger partial charge in [-0.2, -0.15) is 4.98 Å². The third kappa shape index (κ3) is 3.34. The van der Waals surface area contributed by atoms with E-state index in [0.717, 1.165) is 0 Å². The van der Waals surface area contributed by atoms with Crippen molar-refractivity contribution in [2.75, 3.05) is 13.1 Å². The predicted molar refractivity (Wildman–Crippen MR) is 69.0 cm³/mol. The quantitative estimate of drug-likeness (QED) is 0.866. The molecule has 0 saturated carbocycles. The van der Waals surface area contributed by atoms with Gasteiger partial charge in [0.15, 0.2) is 5.82 Å². The number of amides is 1. The highest BCUT2D eigenvalue weighted by Crippen LogP contribution is 2.18. The summed E-state index contributed by atoms with van der Waals surface area (Å²) in [4.78, 5) is 28.6. The molecule has 1 atom stereocenters. The van der Waals surface area contributed by atoms with E-state index >= 15 is 0 Å². The first kappa shape index (κ1) is 14.5. The lowest BCUT2D eigenvalue weighted by atomic mass is 10.1. The largest absolute Gasteiger partial charge is 0.481 e. The highest BCUT2D eigenvalue weighted by molar-refractivity contribution is 5.78. The summed E-state index contributed by atoms with van der Waals surface area (Å²) >= 11 is 0. The van der Waals surface area contributed by atoms with Gasteiger partial charge in [0.25, 0.3) is 0 Å². The van der Waals surface area contributed by atoms with Gasteiger partial charge in [0.2, 0.25) is 11.8 Å². The minimum Gasteiger partial charge on any atom is -0.481 e. The fraction of sp³-hybridized carbons (Fsp3) is 0.692. The van der Waals surface area contributed by atoms with Crippen LogP contribution in [0.15, 0.2) is 4.52 Å². The van der Waals surface area contributed by atoms with Crippen LogP contribution in [0.5, 0.6) is 0 Å². The van der Waals surface area contributed by atoms with Crippen LogP contribution in [0.1, 0.15) is 44.3 Å². The number of aromatic nitrogens is 2. The monoisotopic (exact) mass is 281 g/mol. The van der Waals surface area contributed by atoms with Crippen LogP contribution in [-0.4, -0.2) is 45.1 Å². The number of rotatable bonds is 5. The molecule has 7 heteroatoms. The van der Waals surface area contributed by atoms with E-state index in [1.807, 2.05) is 13.8 Å². The average Bonchev–Trinajstić information content (AvgIpc) is 3.05. The maximum absolute atomic E-state index is 12.0. The summed E-state index contributed by atoms with van der Waals surface area (Å²) in [5.41, 5.74) is 0. The van der Waals surface area contributed by atoms with E-state index in [1.165, 1.54) is 0 Å². The molecular weight excluding hydrogens is 262 g/mol. The maximum Gasteiger partial charge on any atom is 0.308 e. The molecule has 1 amide bonds. The molecule has 0 spiro atoms. The topological polar surface area (TPSA) is 96.5 Å². The summed E-state index contributed by atoms with van der Waals surface area (Å²) in [5.74, 6) is -0.0413. The molecule has 0 aromatic carbocycles. The molecule has 1 N–H and O–H groups in total. The van der Waals surface area contributed by atoms with Crippen molar-refractivity contribution >= 4 is 11.9 Å². The second-order valence-electron chi connectivity index (χ2n) is 5.36. The SMILES string of the molecule is CC(C)c1noc(CCC(=O)N2CCC(C(=O)O)C2)n1. The van der Waals surface area contributed by atoms with E-state index in [2.05, 4.69) is 10.1 Å². The number of carbonyl (C=O) groups excluding carboxylic acids is 1. The van der Waals surface area contributed by atoms with E-state index in [9.17, 15) is 9.59 Å². The van der Waals surface area contributed by atoms with Gasteiger partial charge in [-0.3, -0.25) is 9.59 Å². The predicted octanol–water partition coefficient (Wildman–Crippen LogP) is 1.06. The fourth-order valence-electron chi connectivity index (χ4n) is 2.16. The number of carboxylic acids is 1. The zero-order valence-electron chi connectivity index (χ0n) is 11.7. The first-order valence-corrected chi connectivity index (χ1v) is 6.80. The molecule has 1 unspecified atom stereocenters. The van der Waals surface area contributed by atoms with E-state index in [0.29, 0.717) is 37.6 Å². The van der Waals surface area contributed by atoms with Crippen molar-refractivity contribution in [3.63, 3.8) is 0 Å². The van der Waals surface area contributed by atoms with Crippen molar-refractivity contribution in [1.82, 2.24) is 15.0 Å². The van der Waals surface area contributed by atoms with Crippen molar-refractivity contribution in [3.8, 4) is 0 Å². The van der Waals surface area contributed by atoms with E-state index in [1.54, 1.807) is 4.90 Å². The molecule has 20 heavy (non-hydrogen) atoms. The lowest BCUT2D eigenvalue weighted by Gasteiger charge is -2.14. The van der Waals surface area contributed by atoms with Crippen molar-refractivity contribution in [2.24, 2.45) is 5.92 Å². The Bertz CT molecular complexity index is 498. The minimum atomic E-state index is -0.834. The molecule has 0 bridgehead atoms. The Morgan fingerprint density at radius 3 is 2.80 bits per heavy atom. The van der Waals surface area contributed by atoms with Gasteiger partial charge in [-0.25, -0.2) is 0 Å². The second-order valence-corrected chi connectivity index (χ2v) is 5.36. The molecule has 2 heterocycles. The van der Waals surface area contributed by atoms with E-state index < -0.39 is 11.9 Å². The molecule has 110 valence electrons. The van der Waals surface area contributed by atoms with Crippen molar-refractivity contribution in [1.29, 1.82) is 0 Å². The van der Waals surface area contributed by atoms with Crippen molar-refractivity contribution < 1.29 is 19.2 Å². The van der Waals surface area contributed by atoms with Gasteiger partial charge in [-0.05, 0) is 6.42 Å². The van der Waals surface area contributed by atoms with Gasteiger partial charge in [0.05, 0.1) is 5.92 Å². The first-order valence-electron chi connectivity index (χ1n) is 6.80. The van der Waals surface area contributed by atoms with E-state index in [-0.39, 0.29) is 18.2 Å². The molecule has 0 radical (unpaired) electrons. The Kier molecular flexibility index (Phi) is 4.36. The Morgan fingerprint density at radius 2 is 2.25 bits per heavy atom. The number of carbonyl (C=O) groups is 2. The third-order valence-electron chi connectivity index (χ3n) is 3.44. The van der Waals surface area contributed by atoms with Gasteiger partial charge in [-0.1, -0.05) is 19.0 Å². The smallest absolute Gasteiger partial charge is 0.308 e. The summed E-state index contributed by atoms with van der Waals surface area (Å²) in [7, 11) is 0. The third-order valence-corrected chi connectivity index (χ3v) is 3.44.